The van der Waals surface area contributed by atoms with E-state index in [1.54, 1.807) is 0 Å². The Morgan fingerprint density at radius 2 is 2.04 bits per heavy atom. The van der Waals surface area contributed by atoms with Crippen LogP contribution in [0.25, 0.3) is 0 Å². The molecular weight excluding hydrogens is 308 g/mol. The molecule has 2 saturated heterocycles. The molecule has 2 aliphatic rings. The Balaban J connectivity index is 1.64. The molecule has 3 rings (SSSR count). The van der Waals surface area contributed by atoms with Crippen LogP contribution < -0.4 is 0 Å². The summed E-state index contributed by atoms with van der Waals surface area (Å²) in [7, 11) is 0. The van der Waals surface area contributed by atoms with Crippen molar-refractivity contribution >= 4 is 5.91 Å². The van der Waals surface area contributed by atoms with Gasteiger partial charge in [-0.25, -0.2) is 0 Å². The van der Waals surface area contributed by atoms with E-state index in [0.717, 1.165) is 45.1 Å². The number of aliphatic hydroxyl groups is 1. The molecule has 1 N–H and O–H groups in total. The zero-order valence-electron chi connectivity index (χ0n) is 14.6. The van der Waals surface area contributed by atoms with Gasteiger partial charge in [0.25, 0.3) is 5.91 Å². The Labute approximate surface area is 143 Å². The first-order valence-electron chi connectivity index (χ1n) is 8.87. The van der Waals surface area contributed by atoms with E-state index in [1.807, 2.05) is 29.5 Å². The topological polar surface area (TPSA) is 70.8 Å². The van der Waals surface area contributed by atoms with Crippen LogP contribution in [-0.2, 0) is 11.3 Å². The lowest BCUT2D eigenvalue weighted by Crippen LogP contribution is -2.41. The van der Waals surface area contributed by atoms with Crippen molar-refractivity contribution in [3.05, 3.63) is 17.5 Å². The van der Waals surface area contributed by atoms with E-state index < -0.39 is 0 Å². The number of rotatable bonds is 5. The predicted molar refractivity (Wildman–Crippen MR) is 89.9 cm³/mol. The van der Waals surface area contributed by atoms with E-state index in [1.165, 1.54) is 0 Å². The number of nitrogens with zero attached hydrogens (tertiary/aromatic N) is 4. The number of hydrogen-bond donors (Lipinski definition) is 1. The molecule has 2 atom stereocenters. The predicted octanol–water partition coefficient (Wildman–Crippen LogP) is 0.224. The molecule has 1 aromatic rings. The maximum atomic E-state index is 12.8. The summed E-state index contributed by atoms with van der Waals surface area (Å²) in [4.78, 5) is 17.0. The number of likely N-dealkylation sites (tertiary alicyclic amines) is 1. The first kappa shape index (κ1) is 17.4. The van der Waals surface area contributed by atoms with Gasteiger partial charge in [-0.15, -0.1) is 0 Å². The van der Waals surface area contributed by atoms with Crippen molar-refractivity contribution in [1.82, 2.24) is 19.6 Å². The molecule has 7 nitrogen and oxygen atoms in total. The number of aromatic nitrogens is 2. The summed E-state index contributed by atoms with van der Waals surface area (Å²) >= 11 is 0. The molecule has 0 spiro atoms. The molecule has 7 heteroatoms. The maximum Gasteiger partial charge on any atom is 0.274 e. The fraction of sp³-hybridized carbons (Fsp3) is 0.765. The standard InChI is InChI=1S/C17H28N4O3/c1-3-21-13(2)8-16(18-21)17(23)20-10-14(15(11-20)12-22)9-19-4-6-24-7-5-19/h8,14-15,22H,3-7,9-12H2,1-2H3/t14-,15-/m1/s1. The number of carbonyl (C=O) groups is 1. The van der Waals surface area contributed by atoms with Crippen LogP contribution in [0.1, 0.15) is 23.1 Å². The van der Waals surface area contributed by atoms with Crippen molar-refractivity contribution in [3.63, 3.8) is 0 Å². The van der Waals surface area contributed by atoms with Gasteiger partial charge in [-0.3, -0.25) is 14.4 Å². The van der Waals surface area contributed by atoms with Crippen LogP contribution in [0.4, 0.5) is 0 Å². The number of aryl methyl sites for hydroxylation is 2. The molecule has 0 saturated carbocycles. The van der Waals surface area contributed by atoms with Gasteiger partial charge in [0, 0.05) is 57.5 Å². The second-order valence-corrected chi connectivity index (χ2v) is 6.81. The summed E-state index contributed by atoms with van der Waals surface area (Å²) in [6.45, 7) is 10.5. The van der Waals surface area contributed by atoms with Crippen LogP contribution in [0.5, 0.6) is 0 Å². The minimum atomic E-state index is -0.0202. The third-order valence-corrected chi connectivity index (χ3v) is 5.19. The van der Waals surface area contributed by atoms with Crippen molar-refractivity contribution in [2.24, 2.45) is 11.8 Å². The lowest BCUT2D eigenvalue weighted by molar-refractivity contribution is 0.0264. The second-order valence-electron chi connectivity index (χ2n) is 6.81. The highest BCUT2D eigenvalue weighted by molar-refractivity contribution is 5.92. The average molecular weight is 336 g/mol. The lowest BCUT2D eigenvalue weighted by Gasteiger charge is -2.30. The van der Waals surface area contributed by atoms with Gasteiger partial charge in [-0.1, -0.05) is 0 Å². The number of ether oxygens (including phenoxy) is 1. The molecule has 2 aliphatic heterocycles. The summed E-state index contributed by atoms with van der Waals surface area (Å²) < 4.78 is 7.24. The van der Waals surface area contributed by atoms with Crippen LogP contribution in [-0.4, -0.2) is 83.1 Å². The Morgan fingerprint density at radius 1 is 1.33 bits per heavy atom. The number of aliphatic hydroxyl groups excluding tert-OH is 1. The molecule has 0 aromatic carbocycles. The lowest BCUT2D eigenvalue weighted by atomic mass is 9.96. The summed E-state index contributed by atoms with van der Waals surface area (Å²) in [5.74, 6) is 0.436. The Hall–Kier alpha value is -1.44. The van der Waals surface area contributed by atoms with E-state index >= 15 is 0 Å². The average Bonchev–Trinajstić information content (AvgIpc) is 3.18. The normalized spacial score (nSPS) is 25.4. The molecule has 3 heterocycles. The quantitative estimate of drug-likeness (QED) is 0.833. The highest BCUT2D eigenvalue weighted by Gasteiger charge is 2.36. The molecule has 0 radical (unpaired) electrons. The first-order valence-corrected chi connectivity index (χ1v) is 8.87. The minimum Gasteiger partial charge on any atom is -0.396 e. The fourth-order valence-corrected chi connectivity index (χ4v) is 3.73. The molecule has 0 unspecified atom stereocenters. The van der Waals surface area contributed by atoms with Crippen molar-refractivity contribution < 1.29 is 14.6 Å². The second kappa shape index (κ2) is 7.63. The van der Waals surface area contributed by atoms with Crippen LogP contribution >= 0.6 is 0 Å². The summed E-state index contributed by atoms with van der Waals surface area (Å²) in [6, 6.07) is 1.86. The molecule has 2 fully saturated rings. The number of morpholine rings is 1. The fourth-order valence-electron chi connectivity index (χ4n) is 3.73. The molecule has 0 aliphatic carbocycles. The van der Waals surface area contributed by atoms with Gasteiger partial charge in [0.1, 0.15) is 0 Å². The summed E-state index contributed by atoms with van der Waals surface area (Å²) in [6.07, 6.45) is 0. The van der Waals surface area contributed by atoms with Crippen molar-refractivity contribution in [2.45, 2.75) is 20.4 Å². The van der Waals surface area contributed by atoms with Crippen LogP contribution in [0.2, 0.25) is 0 Å². The van der Waals surface area contributed by atoms with E-state index in [2.05, 4.69) is 10.00 Å². The zero-order valence-corrected chi connectivity index (χ0v) is 14.6. The summed E-state index contributed by atoms with van der Waals surface area (Å²) in [5.41, 5.74) is 1.52. The third kappa shape index (κ3) is 3.63. The van der Waals surface area contributed by atoms with Gasteiger partial charge in [0.2, 0.25) is 0 Å². The van der Waals surface area contributed by atoms with Crippen LogP contribution in [0, 0.1) is 18.8 Å². The largest absolute Gasteiger partial charge is 0.396 e. The monoisotopic (exact) mass is 336 g/mol. The van der Waals surface area contributed by atoms with E-state index in [9.17, 15) is 9.90 Å². The minimum absolute atomic E-state index is 0.0202. The Morgan fingerprint density at radius 3 is 2.67 bits per heavy atom. The number of carbonyl (C=O) groups excluding carboxylic acids is 1. The van der Waals surface area contributed by atoms with Gasteiger partial charge >= 0.3 is 0 Å². The van der Waals surface area contributed by atoms with Gasteiger partial charge in [0.15, 0.2) is 5.69 Å². The molecule has 134 valence electrons. The van der Waals surface area contributed by atoms with Gasteiger partial charge in [-0.2, -0.15) is 5.10 Å². The number of hydrogen-bond acceptors (Lipinski definition) is 5. The Kier molecular flexibility index (Phi) is 5.53. The van der Waals surface area contributed by atoms with Crippen LogP contribution in [0.15, 0.2) is 6.07 Å². The van der Waals surface area contributed by atoms with Crippen molar-refractivity contribution in [1.29, 1.82) is 0 Å². The van der Waals surface area contributed by atoms with Crippen LogP contribution in [0.3, 0.4) is 0 Å². The summed E-state index contributed by atoms with van der Waals surface area (Å²) in [5, 5.41) is 14.1. The van der Waals surface area contributed by atoms with Crippen molar-refractivity contribution in [2.75, 3.05) is 52.5 Å². The van der Waals surface area contributed by atoms with Gasteiger partial charge < -0.3 is 14.7 Å². The molecule has 1 aromatic heterocycles. The van der Waals surface area contributed by atoms with E-state index in [0.29, 0.717) is 24.7 Å². The number of amides is 1. The first-order chi connectivity index (χ1) is 11.6. The SMILES string of the molecule is CCn1nc(C(=O)N2C[C@@H](CN3CCOCC3)[C@@H](CO)C2)cc1C. The molecule has 0 bridgehead atoms. The third-order valence-electron chi connectivity index (χ3n) is 5.19. The van der Waals surface area contributed by atoms with E-state index in [-0.39, 0.29) is 18.4 Å². The molecule has 24 heavy (non-hydrogen) atoms. The molecular formula is C17H28N4O3. The molecule has 1 amide bonds. The Bertz CT molecular complexity index is 568. The highest BCUT2D eigenvalue weighted by Crippen LogP contribution is 2.26. The van der Waals surface area contributed by atoms with Crippen molar-refractivity contribution in [3.8, 4) is 0 Å². The maximum absolute atomic E-state index is 12.8. The van der Waals surface area contributed by atoms with Gasteiger partial charge in [-0.05, 0) is 25.8 Å². The zero-order chi connectivity index (χ0) is 17.1. The van der Waals surface area contributed by atoms with Gasteiger partial charge in [0.05, 0.1) is 13.2 Å². The highest BCUT2D eigenvalue weighted by atomic mass is 16.5. The van der Waals surface area contributed by atoms with E-state index in [4.69, 9.17) is 4.74 Å². The smallest absolute Gasteiger partial charge is 0.274 e.